The first-order chi connectivity index (χ1) is 7.79. The Balaban J connectivity index is 1.64. The zero-order chi connectivity index (χ0) is 11.0. The third-order valence-corrected chi connectivity index (χ3v) is 3.37. The molecule has 0 aromatic carbocycles. The highest BCUT2D eigenvalue weighted by atomic mass is 16.5. The molecule has 2 bridgehead atoms. The number of aromatic nitrogens is 1. The Morgan fingerprint density at radius 1 is 1.31 bits per heavy atom. The lowest BCUT2D eigenvalue weighted by molar-refractivity contribution is -0.0410. The first-order valence-corrected chi connectivity index (χ1v) is 5.88. The molecule has 2 aliphatic heterocycles. The van der Waals surface area contributed by atoms with E-state index in [1.807, 2.05) is 12.3 Å². The smallest absolute Gasteiger partial charge is 0.123 e. The van der Waals surface area contributed by atoms with E-state index in [0.29, 0.717) is 18.0 Å². The summed E-state index contributed by atoms with van der Waals surface area (Å²) in [5, 5.41) is 0. The molecule has 86 valence electrons. The quantitative estimate of drug-likeness (QED) is 0.807. The van der Waals surface area contributed by atoms with Gasteiger partial charge in [0.2, 0.25) is 0 Å². The summed E-state index contributed by atoms with van der Waals surface area (Å²) >= 11 is 0. The van der Waals surface area contributed by atoms with Crippen LogP contribution >= 0.6 is 0 Å². The van der Waals surface area contributed by atoms with Crippen LogP contribution in [0.5, 0.6) is 0 Å². The Morgan fingerprint density at radius 3 is 2.69 bits per heavy atom. The molecular weight excluding hydrogens is 202 g/mol. The number of nitrogens with zero attached hydrogens (tertiary/aromatic N) is 2. The van der Waals surface area contributed by atoms with E-state index in [0.717, 1.165) is 19.6 Å². The van der Waals surface area contributed by atoms with E-state index in [2.05, 4.69) is 16.0 Å². The third-order valence-electron chi connectivity index (χ3n) is 3.37. The summed E-state index contributed by atoms with van der Waals surface area (Å²) in [5.41, 5.74) is 6.80. The lowest BCUT2D eigenvalue weighted by atomic mass is 10.2. The van der Waals surface area contributed by atoms with Gasteiger partial charge in [0.05, 0.1) is 12.2 Å². The van der Waals surface area contributed by atoms with Gasteiger partial charge < -0.3 is 10.5 Å². The molecule has 1 aromatic heterocycles. The number of nitrogen functional groups attached to an aromatic ring is 1. The number of ether oxygens (including phenoxy) is 1. The standard InChI is InChI=1S/C12H17N3O/c13-12-4-1-9(5-14-12)6-15-7-10-2-3-11(8-15)16-10/h1,4-5,10-11H,2-3,6-8H2,(H2,13,14). The van der Waals surface area contributed by atoms with Gasteiger partial charge in [-0.2, -0.15) is 0 Å². The van der Waals surface area contributed by atoms with Crippen LogP contribution in [0, 0.1) is 0 Å². The van der Waals surface area contributed by atoms with Crippen molar-refractivity contribution < 1.29 is 4.74 Å². The number of hydrogen-bond acceptors (Lipinski definition) is 4. The van der Waals surface area contributed by atoms with Gasteiger partial charge in [-0.15, -0.1) is 0 Å². The second kappa shape index (κ2) is 4.03. The number of pyridine rings is 1. The van der Waals surface area contributed by atoms with E-state index in [1.54, 1.807) is 0 Å². The molecule has 3 heterocycles. The first-order valence-electron chi connectivity index (χ1n) is 5.88. The fourth-order valence-corrected chi connectivity index (χ4v) is 2.62. The highest BCUT2D eigenvalue weighted by Crippen LogP contribution is 2.26. The molecule has 0 radical (unpaired) electrons. The van der Waals surface area contributed by atoms with Gasteiger partial charge in [0, 0.05) is 25.8 Å². The summed E-state index contributed by atoms with van der Waals surface area (Å²) in [6.07, 6.45) is 5.23. The normalized spacial score (nSPS) is 29.5. The summed E-state index contributed by atoms with van der Waals surface area (Å²) in [4.78, 5) is 6.58. The van der Waals surface area contributed by atoms with E-state index in [4.69, 9.17) is 10.5 Å². The third kappa shape index (κ3) is 2.03. The molecule has 0 amide bonds. The maximum Gasteiger partial charge on any atom is 0.123 e. The summed E-state index contributed by atoms with van der Waals surface area (Å²) in [6.45, 7) is 3.07. The van der Waals surface area contributed by atoms with Crippen molar-refractivity contribution in [1.29, 1.82) is 0 Å². The van der Waals surface area contributed by atoms with Crippen LogP contribution in [-0.2, 0) is 11.3 Å². The van der Waals surface area contributed by atoms with Gasteiger partial charge in [0.15, 0.2) is 0 Å². The van der Waals surface area contributed by atoms with Crippen molar-refractivity contribution in [2.75, 3.05) is 18.8 Å². The number of anilines is 1. The number of hydrogen-bond donors (Lipinski definition) is 1. The average Bonchev–Trinajstić information content (AvgIpc) is 2.62. The molecule has 2 fully saturated rings. The monoisotopic (exact) mass is 219 g/mol. The van der Waals surface area contributed by atoms with Crippen molar-refractivity contribution in [2.45, 2.75) is 31.6 Å². The Kier molecular flexibility index (Phi) is 2.53. The summed E-state index contributed by atoms with van der Waals surface area (Å²) < 4.78 is 5.81. The van der Waals surface area contributed by atoms with Crippen molar-refractivity contribution in [2.24, 2.45) is 0 Å². The second-order valence-corrected chi connectivity index (χ2v) is 4.74. The Bertz CT molecular complexity index is 353. The maximum atomic E-state index is 5.81. The molecule has 0 spiro atoms. The van der Waals surface area contributed by atoms with Crippen LogP contribution in [0.3, 0.4) is 0 Å². The van der Waals surface area contributed by atoms with Crippen molar-refractivity contribution in [3.8, 4) is 0 Å². The molecule has 2 atom stereocenters. The first kappa shape index (κ1) is 10.1. The van der Waals surface area contributed by atoms with Gasteiger partial charge >= 0.3 is 0 Å². The molecule has 0 aliphatic carbocycles. The number of likely N-dealkylation sites (tertiary alicyclic amines) is 1. The Morgan fingerprint density at radius 2 is 2.06 bits per heavy atom. The molecule has 2 saturated heterocycles. The van der Waals surface area contributed by atoms with Gasteiger partial charge in [-0.3, -0.25) is 4.90 Å². The fourth-order valence-electron chi connectivity index (χ4n) is 2.62. The van der Waals surface area contributed by atoms with E-state index < -0.39 is 0 Å². The molecule has 2 unspecified atom stereocenters. The molecule has 3 rings (SSSR count). The van der Waals surface area contributed by atoms with Crippen LogP contribution in [0.1, 0.15) is 18.4 Å². The lowest BCUT2D eigenvalue weighted by Gasteiger charge is -2.31. The Labute approximate surface area is 95.4 Å². The molecule has 2 N–H and O–H groups in total. The van der Waals surface area contributed by atoms with Gasteiger partial charge in [0.1, 0.15) is 5.82 Å². The molecular formula is C12H17N3O. The van der Waals surface area contributed by atoms with Crippen molar-refractivity contribution in [3.05, 3.63) is 23.9 Å². The molecule has 2 aliphatic rings. The van der Waals surface area contributed by atoms with Crippen LogP contribution in [0.15, 0.2) is 18.3 Å². The Hall–Kier alpha value is -1.13. The van der Waals surface area contributed by atoms with Gasteiger partial charge in [-0.05, 0) is 24.5 Å². The zero-order valence-corrected chi connectivity index (χ0v) is 9.30. The molecule has 1 aromatic rings. The highest BCUT2D eigenvalue weighted by molar-refractivity contribution is 5.29. The minimum absolute atomic E-state index is 0.459. The number of rotatable bonds is 2. The van der Waals surface area contributed by atoms with Crippen molar-refractivity contribution >= 4 is 5.82 Å². The molecule has 4 heteroatoms. The number of morpholine rings is 1. The van der Waals surface area contributed by atoms with Crippen LogP contribution in [0.25, 0.3) is 0 Å². The predicted molar refractivity (Wildman–Crippen MR) is 61.8 cm³/mol. The van der Waals surface area contributed by atoms with Crippen LogP contribution in [-0.4, -0.2) is 35.2 Å². The summed E-state index contributed by atoms with van der Waals surface area (Å²) in [7, 11) is 0. The zero-order valence-electron chi connectivity index (χ0n) is 9.30. The lowest BCUT2D eigenvalue weighted by Crippen LogP contribution is -2.41. The minimum atomic E-state index is 0.459. The van der Waals surface area contributed by atoms with E-state index in [9.17, 15) is 0 Å². The van der Waals surface area contributed by atoms with Crippen LogP contribution in [0.4, 0.5) is 5.82 Å². The molecule has 0 saturated carbocycles. The molecule has 16 heavy (non-hydrogen) atoms. The van der Waals surface area contributed by atoms with E-state index >= 15 is 0 Å². The highest BCUT2D eigenvalue weighted by Gasteiger charge is 2.33. The van der Waals surface area contributed by atoms with Crippen molar-refractivity contribution in [1.82, 2.24) is 9.88 Å². The average molecular weight is 219 g/mol. The topological polar surface area (TPSA) is 51.4 Å². The summed E-state index contributed by atoms with van der Waals surface area (Å²) in [6, 6.07) is 3.92. The SMILES string of the molecule is Nc1ccc(CN2CC3CCC(C2)O3)cn1. The van der Waals surface area contributed by atoms with Crippen molar-refractivity contribution in [3.63, 3.8) is 0 Å². The largest absolute Gasteiger partial charge is 0.384 e. The second-order valence-electron chi connectivity index (χ2n) is 4.74. The van der Waals surface area contributed by atoms with E-state index in [-0.39, 0.29) is 0 Å². The minimum Gasteiger partial charge on any atom is -0.384 e. The number of fused-ring (bicyclic) bond motifs is 2. The van der Waals surface area contributed by atoms with Crippen LogP contribution < -0.4 is 5.73 Å². The van der Waals surface area contributed by atoms with Gasteiger partial charge in [-0.25, -0.2) is 4.98 Å². The van der Waals surface area contributed by atoms with Gasteiger partial charge in [0.25, 0.3) is 0 Å². The summed E-state index contributed by atoms with van der Waals surface area (Å²) in [5.74, 6) is 0.589. The van der Waals surface area contributed by atoms with E-state index in [1.165, 1.54) is 18.4 Å². The number of nitrogens with two attached hydrogens (primary N) is 1. The fraction of sp³-hybridized carbons (Fsp3) is 0.583. The molecule has 4 nitrogen and oxygen atoms in total. The maximum absolute atomic E-state index is 5.81. The predicted octanol–water partition coefficient (Wildman–Crippen LogP) is 1.03. The van der Waals surface area contributed by atoms with Gasteiger partial charge in [-0.1, -0.05) is 6.07 Å². The van der Waals surface area contributed by atoms with Crippen LogP contribution in [0.2, 0.25) is 0 Å².